The molecule has 0 atom stereocenters. The molecular weight excluding hydrogens is 366 g/mol. The number of ether oxygens (including phenoxy) is 1. The number of benzene rings is 1. The number of alkyl carbamates (subject to hydrolysis) is 1. The maximum absolute atomic E-state index is 11.6. The van der Waals surface area contributed by atoms with Crippen molar-refractivity contribution in [1.29, 1.82) is 0 Å². The third-order valence-corrected chi connectivity index (χ3v) is 4.29. The Hall–Kier alpha value is -2.28. The molecule has 0 heterocycles. The number of hydrogen-bond donors (Lipinski definition) is 3. The van der Waals surface area contributed by atoms with Gasteiger partial charge in [0.1, 0.15) is 5.60 Å². The highest BCUT2D eigenvalue weighted by Crippen LogP contribution is 2.08. The molecule has 0 bridgehead atoms. The van der Waals surface area contributed by atoms with E-state index in [4.69, 9.17) is 4.74 Å². The Kier molecular flexibility index (Phi) is 11.1. The van der Waals surface area contributed by atoms with Gasteiger partial charge in [0.05, 0.1) is 0 Å². The van der Waals surface area contributed by atoms with Crippen molar-refractivity contribution >= 4 is 12.1 Å². The van der Waals surface area contributed by atoms with Crippen LogP contribution < -0.4 is 16.0 Å². The summed E-state index contributed by atoms with van der Waals surface area (Å²) in [4.78, 5) is 18.3. The zero-order valence-corrected chi connectivity index (χ0v) is 19.0. The molecule has 0 spiro atoms. The van der Waals surface area contributed by atoms with Crippen molar-refractivity contribution in [3.63, 3.8) is 0 Å². The van der Waals surface area contributed by atoms with Gasteiger partial charge in [-0.3, -0.25) is 9.89 Å². The Balaban J connectivity index is 2.33. The van der Waals surface area contributed by atoms with Crippen LogP contribution in [-0.2, 0) is 17.8 Å². The first-order valence-electron chi connectivity index (χ1n) is 10.5. The van der Waals surface area contributed by atoms with Crippen LogP contribution >= 0.6 is 0 Å². The summed E-state index contributed by atoms with van der Waals surface area (Å²) in [6.45, 7) is 15.0. The molecule has 29 heavy (non-hydrogen) atoms. The van der Waals surface area contributed by atoms with Crippen LogP contribution in [0.15, 0.2) is 29.3 Å². The average molecular weight is 406 g/mol. The molecular formula is C22H39N5O2. The molecule has 1 amide bonds. The summed E-state index contributed by atoms with van der Waals surface area (Å²) >= 11 is 0. The van der Waals surface area contributed by atoms with Crippen molar-refractivity contribution in [3.8, 4) is 0 Å². The number of carbonyl (C=O) groups excluding carboxylic acids is 1. The molecule has 0 radical (unpaired) electrons. The lowest BCUT2D eigenvalue weighted by Gasteiger charge is -2.19. The second kappa shape index (κ2) is 13.0. The minimum atomic E-state index is -0.475. The minimum Gasteiger partial charge on any atom is -0.444 e. The van der Waals surface area contributed by atoms with Gasteiger partial charge in [-0.15, -0.1) is 0 Å². The molecule has 0 unspecified atom stereocenters. The van der Waals surface area contributed by atoms with E-state index in [9.17, 15) is 4.79 Å². The molecule has 7 heteroatoms. The Morgan fingerprint density at radius 2 is 1.72 bits per heavy atom. The molecule has 0 aliphatic carbocycles. The summed E-state index contributed by atoms with van der Waals surface area (Å²) < 4.78 is 5.21. The normalized spacial score (nSPS) is 12.0. The molecule has 0 aliphatic rings. The predicted octanol–water partition coefficient (Wildman–Crippen LogP) is 3.11. The van der Waals surface area contributed by atoms with E-state index >= 15 is 0 Å². The average Bonchev–Trinajstić information content (AvgIpc) is 2.67. The number of nitrogens with zero attached hydrogens (tertiary/aromatic N) is 2. The van der Waals surface area contributed by atoms with Crippen molar-refractivity contribution in [2.75, 3.05) is 33.2 Å². The van der Waals surface area contributed by atoms with Gasteiger partial charge in [0.15, 0.2) is 5.96 Å². The fraction of sp³-hybridized carbons (Fsp3) is 0.636. The summed E-state index contributed by atoms with van der Waals surface area (Å²) in [6, 6.07) is 8.64. The molecule has 0 aliphatic heterocycles. The summed E-state index contributed by atoms with van der Waals surface area (Å²) in [5.74, 6) is 0.747. The number of guanidine groups is 1. The monoisotopic (exact) mass is 405 g/mol. The zero-order valence-electron chi connectivity index (χ0n) is 19.0. The quantitative estimate of drug-likeness (QED) is 0.317. The Morgan fingerprint density at radius 1 is 1.07 bits per heavy atom. The third-order valence-electron chi connectivity index (χ3n) is 4.29. The van der Waals surface area contributed by atoms with E-state index in [0.717, 1.165) is 32.0 Å². The molecule has 0 saturated heterocycles. The minimum absolute atomic E-state index is 0.385. The number of rotatable bonds is 10. The predicted molar refractivity (Wildman–Crippen MR) is 120 cm³/mol. The summed E-state index contributed by atoms with van der Waals surface area (Å²) in [6.07, 6.45) is 0.392. The van der Waals surface area contributed by atoms with E-state index in [-0.39, 0.29) is 6.09 Å². The second-order valence-corrected chi connectivity index (χ2v) is 7.92. The molecule has 0 fully saturated rings. The van der Waals surface area contributed by atoms with Gasteiger partial charge in [-0.2, -0.15) is 0 Å². The van der Waals surface area contributed by atoms with Crippen LogP contribution in [0.25, 0.3) is 0 Å². The highest BCUT2D eigenvalue weighted by atomic mass is 16.6. The first-order valence-corrected chi connectivity index (χ1v) is 10.5. The first-order chi connectivity index (χ1) is 13.8. The molecule has 3 N–H and O–H groups in total. The van der Waals surface area contributed by atoms with Gasteiger partial charge in [0.2, 0.25) is 0 Å². The van der Waals surface area contributed by atoms with Crippen molar-refractivity contribution in [1.82, 2.24) is 20.9 Å². The molecule has 7 nitrogen and oxygen atoms in total. The van der Waals surface area contributed by atoms with Crippen molar-refractivity contribution in [2.45, 2.75) is 59.7 Å². The number of aliphatic imine (C=N–C) groups is 1. The maximum atomic E-state index is 11.6. The Labute approximate surface area is 176 Å². The van der Waals surface area contributed by atoms with Crippen molar-refractivity contribution < 1.29 is 9.53 Å². The molecule has 0 aromatic heterocycles. The van der Waals surface area contributed by atoms with Gasteiger partial charge >= 0.3 is 6.09 Å². The van der Waals surface area contributed by atoms with Crippen molar-refractivity contribution in [2.24, 2.45) is 4.99 Å². The maximum Gasteiger partial charge on any atom is 0.407 e. The van der Waals surface area contributed by atoms with Crippen LogP contribution in [0, 0.1) is 0 Å². The molecule has 1 aromatic rings. The smallest absolute Gasteiger partial charge is 0.407 e. The van der Waals surface area contributed by atoms with Gasteiger partial charge in [0, 0.05) is 33.2 Å². The molecule has 0 saturated carbocycles. The van der Waals surface area contributed by atoms with Crippen LogP contribution in [0.2, 0.25) is 0 Å². The second-order valence-electron chi connectivity index (χ2n) is 7.92. The lowest BCUT2D eigenvalue weighted by Crippen LogP contribution is -2.39. The number of carbonyl (C=O) groups is 1. The van der Waals surface area contributed by atoms with Gasteiger partial charge < -0.3 is 20.7 Å². The molecule has 1 rings (SSSR count). The fourth-order valence-electron chi connectivity index (χ4n) is 2.75. The van der Waals surface area contributed by atoms with Crippen molar-refractivity contribution in [3.05, 3.63) is 35.4 Å². The first kappa shape index (κ1) is 24.8. The third kappa shape index (κ3) is 11.3. The van der Waals surface area contributed by atoms with E-state index in [2.05, 4.69) is 64.0 Å². The van der Waals surface area contributed by atoms with Crippen LogP contribution in [-0.4, -0.2) is 55.8 Å². The highest BCUT2D eigenvalue weighted by Gasteiger charge is 2.15. The van der Waals surface area contributed by atoms with Crippen LogP contribution in [0.1, 0.15) is 52.2 Å². The Morgan fingerprint density at radius 3 is 2.34 bits per heavy atom. The number of amides is 1. The van der Waals surface area contributed by atoms with Crippen LogP contribution in [0.3, 0.4) is 0 Å². The molecule has 1 aromatic carbocycles. The Bertz CT molecular complexity index is 636. The molecule has 164 valence electrons. The van der Waals surface area contributed by atoms with Crippen LogP contribution in [0.5, 0.6) is 0 Å². The fourth-order valence-corrected chi connectivity index (χ4v) is 2.75. The summed E-state index contributed by atoms with van der Waals surface area (Å²) in [5, 5.41) is 9.36. The van der Waals surface area contributed by atoms with E-state index < -0.39 is 5.60 Å². The largest absolute Gasteiger partial charge is 0.444 e. The summed E-state index contributed by atoms with van der Waals surface area (Å²) in [5.41, 5.74) is 2.07. The summed E-state index contributed by atoms with van der Waals surface area (Å²) in [7, 11) is 1.76. The van der Waals surface area contributed by atoms with Gasteiger partial charge in [-0.25, -0.2) is 4.79 Å². The highest BCUT2D eigenvalue weighted by molar-refractivity contribution is 5.79. The number of nitrogens with one attached hydrogen (secondary N) is 3. The lowest BCUT2D eigenvalue weighted by molar-refractivity contribution is 0.0527. The van der Waals surface area contributed by atoms with Gasteiger partial charge in [-0.05, 0) is 51.4 Å². The van der Waals surface area contributed by atoms with E-state index in [1.165, 1.54) is 11.1 Å². The van der Waals surface area contributed by atoms with Gasteiger partial charge in [-0.1, -0.05) is 38.1 Å². The van der Waals surface area contributed by atoms with E-state index in [0.29, 0.717) is 19.6 Å². The van der Waals surface area contributed by atoms with E-state index in [1.54, 1.807) is 7.05 Å². The lowest BCUT2D eigenvalue weighted by atomic mass is 10.1. The SMILES string of the molecule is CCN(CC)Cc1cccc(CNC(=NC)NCCCNC(=O)OC(C)(C)C)c1. The zero-order chi connectivity index (χ0) is 21.7. The van der Waals surface area contributed by atoms with E-state index in [1.807, 2.05) is 20.8 Å². The topological polar surface area (TPSA) is 78.0 Å². The van der Waals surface area contributed by atoms with Gasteiger partial charge in [0.25, 0.3) is 0 Å². The standard InChI is InChI=1S/C22H39N5O2/c1-7-27(8-2)17-19-12-9-11-18(15-19)16-26-20(23-6)24-13-10-14-25-21(28)29-22(3,4)5/h9,11-12,15H,7-8,10,13-14,16-17H2,1-6H3,(H,25,28)(H2,23,24,26). The number of hydrogen-bond acceptors (Lipinski definition) is 4. The van der Waals surface area contributed by atoms with Crippen LogP contribution in [0.4, 0.5) is 4.79 Å².